The molecule has 0 atom stereocenters. The van der Waals surface area contributed by atoms with E-state index in [1.165, 1.54) is 0 Å². The Hall–Kier alpha value is -0.870. The number of carboxylic acids is 1. The van der Waals surface area contributed by atoms with Gasteiger partial charge >= 0.3 is 5.97 Å². The van der Waals surface area contributed by atoms with E-state index in [4.69, 9.17) is 14.6 Å². The van der Waals surface area contributed by atoms with Gasteiger partial charge in [0, 0.05) is 19.1 Å². The Morgan fingerprint density at radius 3 is 2.58 bits per heavy atom. The van der Waals surface area contributed by atoms with Crippen molar-refractivity contribution in [1.29, 1.82) is 0 Å². The first-order valence-corrected chi connectivity index (χ1v) is 3.66. The van der Waals surface area contributed by atoms with Crippen molar-refractivity contribution in [3.63, 3.8) is 0 Å². The van der Waals surface area contributed by atoms with Gasteiger partial charge in [-0.3, -0.25) is 0 Å². The van der Waals surface area contributed by atoms with Gasteiger partial charge in [0.05, 0.1) is 19.8 Å². The zero-order valence-electron chi connectivity index (χ0n) is 7.21. The average molecular weight is 174 g/mol. The Bertz CT molecular complexity index is 153. The van der Waals surface area contributed by atoms with Gasteiger partial charge in [0.25, 0.3) is 0 Å². The molecule has 4 heteroatoms. The maximum Gasteiger partial charge on any atom is 0.331 e. The summed E-state index contributed by atoms with van der Waals surface area (Å²) in [5.41, 5.74) is 0.174. The highest BCUT2D eigenvalue weighted by Gasteiger charge is 2.02. The Balaban J connectivity index is 3.20. The van der Waals surface area contributed by atoms with Crippen molar-refractivity contribution in [3.05, 3.63) is 12.2 Å². The molecule has 12 heavy (non-hydrogen) atoms. The predicted octanol–water partition coefficient (Wildman–Crippen LogP) is 0.680. The lowest BCUT2D eigenvalue weighted by molar-refractivity contribution is -0.132. The molecule has 70 valence electrons. The molecule has 0 spiro atoms. The highest BCUT2D eigenvalue weighted by atomic mass is 16.5. The molecule has 0 aromatic carbocycles. The molecule has 0 saturated heterocycles. The number of hydrogen-bond acceptors (Lipinski definition) is 3. The van der Waals surface area contributed by atoms with E-state index >= 15 is 0 Å². The van der Waals surface area contributed by atoms with Crippen LogP contribution in [0.5, 0.6) is 0 Å². The lowest BCUT2D eigenvalue weighted by Crippen LogP contribution is -2.06. The van der Waals surface area contributed by atoms with Gasteiger partial charge in [-0.25, -0.2) is 4.79 Å². The fraction of sp³-hybridized carbons (Fsp3) is 0.625. The first-order valence-electron chi connectivity index (χ1n) is 3.66. The molecule has 0 aromatic heterocycles. The van der Waals surface area contributed by atoms with Gasteiger partial charge in [-0.2, -0.15) is 0 Å². The van der Waals surface area contributed by atoms with E-state index < -0.39 is 5.97 Å². The molecule has 0 saturated carbocycles. The van der Waals surface area contributed by atoms with Crippen LogP contribution < -0.4 is 0 Å². The Kier molecular flexibility index (Phi) is 6.32. The maximum absolute atomic E-state index is 10.2. The van der Waals surface area contributed by atoms with Gasteiger partial charge in [0.15, 0.2) is 0 Å². The molecule has 0 aliphatic heterocycles. The van der Waals surface area contributed by atoms with Gasteiger partial charge in [-0.15, -0.1) is 0 Å². The van der Waals surface area contributed by atoms with Crippen molar-refractivity contribution >= 4 is 5.97 Å². The lowest BCUT2D eigenvalue weighted by atomic mass is 10.2. The van der Waals surface area contributed by atoms with Crippen LogP contribution in [0.3, 0.4) is 0 Å². The van der Waals surface area contributed by atoms with Crippen LogP contribution in [0.15, 0.2) is 12.2 Å². The minimum absolute atomic E-state index is 0.174. The second kappa shape index (κ2) is 6.82. The van der Waals surface area contributed by atoms with E-state index in [0.29, 0.717) is 26.2 Å². The van der Waals surface area contributed by atoms with E-state index in [2.05, 4.69) is 6.58 Å². The molecule has 4 nitrogen and oxygen atoms in total. The summed E-state index contributed by atoms with van der Waals surface area (Å²) in [5.74, 6) is -0.967. The molecule has 0 aliphatic carbocycles. The summed E-state index contributed by atoms with van der Waals surface area (Å²) in [6.07, 6.45) is 0.360. The van der Waals surface area contributed by atoms with Crippen LogP contribution in [0, 0.1) is 0 Å². The van der Waals surface area contributed by atoms with E-state index in [1.54, 1.807) is 7.11 Å². The molecule has 0 aliphatic rings. The van der Waals surface area contributed by atoms with Crippen LogP contribution in [-0.2, 0) is 14.3 Å². The van der Waals surface area contributed by atoms with E-state index in [1.807, 2.05) is 0 Å². The molecule has 0 bridgehead atoms. The molecular weight excluding hydrogens is 160 g/mol. The second-order valence-corrected chi connectivity index (χ2v) is 2.26. The zero-order chi connectivity index (χ0) is 9.40. The normalized spacial score (nSPS) is 9.75. The Morgan fingerprint density at radius 1 is 1.42 bits per heavy atom. The molecule has 0 radical (unpaired) electrons. The van der Waals surface area contributed by atoms with Crippen molar-refractivity contribution in [2.45, 2.75) is 6.42 Å². The highest BCUT2D eigenvalue weighted by molar-refractivity contribution is 5.85. The number of methoxy groups -OCH3 is 1. The smallest absolute Gasteiger partial charge is 0.331 e. The average Bonchev–Trinajstić information content (AvgIpc) is 2.03. The third-order valence-corrected chi connectivity index (χ3v) is 1.28. The number of rotatable bonds is 7. The van der Waals surface area contributed by atoms with Crippen molar-refractivity contribution in [1.82, 2.24) is 0 Å². The van der Waals surface area contributed by atoms with E-state index in [9.17, 15) is 4.79 Å². The van der Waals surface area contributed by atoms with E-state index in [0.717, 1.165) is 0 Å². The van der Waals surface area contributed by atoms with Crippen molar-refractivity contribution in [3.8, 4) is 0 Å². The summed E-state index contributed by atoms with van der Waals surface area (Å²) in [6.45, 7) is 4.76. The van der Waals surface area contributed by atoms with E-state index in [-0.39, 0.29) is 5.57 Å². The molecule has 0 rings (SSSR count). The maximum atomic E-state index is 10.2. The van der Waals surface area contributed by atoms with Gasteiger partial charge in [-0.1, -0.05) is 6.58 Å². The Morgan fingerprint density at radius 2 is 2.08 bits per heavy atom. The first-order chi connectivity index (χ1) is 5.68. The van der Waals surface area contributed by atoms with Crippen molar-refractivity contribution < 1.29 is 19.4 Å². The fourth-order valence-electron chi connectivity index (χ4n) is 0.547. The molecule has 1 N–H and O–H groups in total. The quantitative estimate of drug-likeness (QED) is 0.455. The summed E-state index contributed by atoms with van der Waals surface area (Å²) in [4.78, 5) is 10.2. The van der Waals surface area contributed by atoms with Gasteiger partial charge in [0.2, 0.25) is 0 Å². The number of aliphatic carboxylic acids is 1. The first kappa shape index (κ1) is 11.1. The zero-order valence-corrected chi connectivity index (χ0v) is 7.21. The topological polar surface area (TPSA) is 55.8 Å². The van der Waals surface area contributed by atoms with Crippen LogP contribution in [0.2, 0.25) is 0 Å². The monoisotopic (exact) mass is 174 g/mol. The Labute approximate surface area is 71.8 Å². The van der Waals surface area contributed by atoms with Crippen LogP contribution in [0.1, 0.15) is 6.42 Å². The second-order valence-electron chi connectivity index (χ2n) is 2.26. The molecule has 0 amide bonds. The van der Waals surface area contributed by atoms with Gasteiger partial charge in [-0.05, 0) is 0 Å². The van der Waals surface area contributed by atoms with Crippen LogP contribution >= 0.6 is 0 Å². The molecule has 0 fully saturated rings. The summed E-state index contributed by atoms with van der Waals surface area (Å²) in [6, 6.07) is 0. The third kappa shape index (κ3) is 5.88. The summed E-state index contributed by atoms with van der Waals surface area (Å²) in [7, 11) is 1.58. The predicted molar refractivity (Wildman–Crippen MR) is 44.1 cm³/mol. The van der Waals surface area contributed by atoms with Crippen molar-refractivity contribution in [2.24, 2.45) is 0 Å². The molecule has 0 heterocycles. The largest absolute Gasteiger partial charge is 0.478 e. The van der Waals surface area contributed by atoms with Crippen LogP contribution in [0.25, 0.3) is 0 Å². The SMILES string of the molecule is C=C(CCOCCOC)C(=O)O. The fourth-order valence-corrected chi connectivity index (χ4v) is 0.547. The molecule has 0 aromatic rings. The summed E-state index contributed by atoms with van der Waals surface area (Å²) in [5, 5.41) is 8.40. The number of hydrogen-bond donors (Lipinski definition) is 1. The molecular formula is C8H14O4. The standard InChI is InChI=1S/C8H14O4/c1-7(8(9)10)3-4-12-6-5-11-2/h1,3-6H2,2H3,(H,9,10). The minimum Gasteiger partial charge on any atom is -0.478 e. The summed E-state index contributed by atoms with van der Waals surface area (Å²) < 4.78 is 9.78. The number of ether oxygens (including phenoxy) is 2. The highest BCUT2D eigenvalue weighted by Crippen LogP contribution is 1.97. The van der Waals surface area contributed by atoms with Crippen LogP contribution in [-0.4, -0.2) is 38.0 Å². The lowest BCUT2D eigenvalue weighted by Gasteiger charge is -2.02. The molecule has 0 unspecified atom stereocenters. The number of carbonyl (C=O) groups is 1. The van der Waals surface area contributed by atoms with Crippen LogP contribution in [0.4, 0.5) is 0 Å². The number of carboxylic acid groups (broad SMARTS) is 1. The summed E-state index contributed by atoms with van der Waals surface area (Å²) >= 11 is 0. The van der Waals surface area contributed by atoms with Gasteiger partial charge in [0.1, 0.15) is 0 Å². The van der Waals surface area contributed by atoms with Gasteiger partial charge < -0.3 is 14.6 Å². The minimum atomic E-state index is -0.967. The third-order valence-electron chi connectivity index (χ3n) is 1.28. The van der Waals surface area contributed by atoms with Crippen molar-refractivity contribution in [2.75, 3.05) is 26.9 Å².